The molecule has 26 heavy (non-hydrogen) atoms. The van der Waals surface area contributed by atoms with E-state index in [4.69, 9.17) is 9.47 Å². The molecule has 1 aromatic carbocycles. The van der Waals surface area contributed by atoms with Gasteiger partial charge in [0.25, 0.3) is 0 Å². The Morgan fingerprint density at radius 1 is 1.12 bits per heavy atom. The van der Waals surface area contributed by atoms with Crippen LogP contribution in [0.15, 0.2) is 18.2 Å². The largest absolute Gasteiger partial charge is 0.493 e. The van der Waals surface area contributed by atoms with E-state index < -0.39 is 33.1 Å². The molecule has 2 N–H and O–H groups in total. The number of hydrogen-bond acceptors (Lipinski definition) is 6. The van der Waals surface area contributed by atoms with Crippen LogP contribution in [0.4, 0.5) is 5.69 Å². The van der Waals surface area contributed by atoms with Gasteiger partial charge in [-0.15, -0.1) is 0 Å². The maximum atomic E-state index is 12.6. The lowest BCUT2D eigenvalue weighted by molar-refractivity contribution is -0.138. The molecule has 0 radical (unpaired) electrons. The second kappa shape index (κ2) is 7.53. The predicted molar refractivity (Wildman–Crippen MR) is 97.2 cm³/mol. The van der Waals surface area contributed by atoms with Gasteiger partial charge in [0.05, 0.1) is 25.7 Å². The van der Waals surface area contributed by atoms with E-state index in [1.807, 2.05) is 0 Å². The Bertz CT molecular complexity index is 803. The van der Waals surface area contributed by atoms with E-state index in [0.717, 1.165) is 0 Å². The average Bonchev–Trinajstić information content (AvgIpc) is 2.93. The molecule has 1 unspecified atom stereocenters. The monoisotopic (exact) mass is 384 g/mol. The number of carbonyl (C=O) groups excluding carboxylic acids is 2. The van der Waals surface area contributed by atoms with Crippen molar-refractivity contribution in [3.05, 3.63) is 18.2 Å². The number of amides is 2. The van der Waals surface area contributed by atoms with Gasteiger partial charge in [0.2, 0.25) is 11.8 Å². The number of carbonyl (C=O) groups is 2. The highest BCUT2D eigenvalue weighted by Gasteiger charge is 2.39. The Balaban J connectivity index is 2.06. The first-order valence-electron chi connectivity index (χ1n) is 8.14. The summed E-state index contributed by atoms with van der Waals surface area (Å²) in [5.41, 5.74) is -0.920. The lowest BCUT2D eigenvalue weighted by atomic mass is 9.90. The van der Waals surface area contributed by atoms with Crippen molar-refractivity contribution in [3.63, 3.8) is 0 Å². The van der Waals surface area contributed by atoms with Crippen molar-refractivity contribution in [2.75, 3.05) is 31.0 Å². The van der Waals surface area contributed by atoms with E-state index in [1.165, 1.54) is 28.1 Å². The summed E-state index contributed by atoms with van der Waals surface area (Å²) in [5, 5.41) is 5.34. The van der Waals surface area contributed by atoms with Crippen molar-refractivity contribution in [2.24, 2.45) is 5.41 Å². The summed E-state index contributed by atoms with van der Waals surface area (Å²) in [7, 11) is -0.121. The van der Waals surface area contributed by atoms with Crippen molar-refractivity contribution in [1.82, 2.24) is 5.32 Å². The molecule has 1 atom stereocenters. The van der Waals surface area contributed by atoms with Crippen LogP contribution < -0.4 is 20.1 Å². The first kappa shape index (κ1) is 20.0. The van der Waals surface area contributed by atoms with E-state index in [1.54, 1.807) is 18.2 Å². The Morgan fingerprint density at radius 3 is 2.31 bits per heavy atom. The third kappa shape index (κ3) is 4.46. The quantitative estimate of drug-likeness (QED) is 0.707. The van der Waals surface area contributed by atoms with Crippen LogP contribution in [0.25, 0.3) is 0 Å². The SMILES string of the molecule is COc1ccc(NC(=O)C(C)(C)C(=O)NC2CCS(=O)(=O)C2)cc1OC. The van der Waals surface area contributed by atoms with Crippen LogP contribution in [0.1, 0.15) is 20.3 Å². The Labute approximate surface area is 153 Å². The molecule has 1 aliphatic heterocycles. The summed E-state index contributed by atoms with van der Waals surface area (Å²) >= 11 is 0. The maximum Gasteiger partial charge on any atom is 0.239 e. The highest BCUT2D eigenvalue weighted by Crippen LogP contribution is 2.30. The molecule has 144 valence electrons. The predicted octanol–water partition coefficient (Wildman–Crippen LogP) is 0.972. The lowest BCUT2D eigenvalue weighted by Gasteiger charge is -2.24. The molecule has 2 rings (SSSR count). The Morgan fingerprint density at radius 2 is 1.77 bits per heavy atom. The number of ether oxygens (including phenoxy) is 2. The number of hydrogen-bond donors (Lipinski definition) is 2. The Hall–Kier alpha value is -2.29. The van der Waals surface area contributed by atoms with Gasteiger partial charge in [-0.05, 0) is 32.4 Å². The molecule has 1 aromatic rings. The zero-order valence-corrected chi connectivity index (χ0v) is 16.1. The number of anilines is 1. The molecule has 1 aliphatic rings. The first-order chi connectivity index (χ1) is 12.1. The van der Waals surface area contributed by atoms with E-state index in [2.05, 4.69) is 10.6 Å². The standard InChI is InChI=1S/C17H24N2O6S/c1-17(2,16(21)19-12-7-8-26(22,23)10-12)15(20)18-11-5-6-13(24-3)14(9-11)25-4/h5-6,9,12H,7-8,10H2,1-4H3,(H,18,20)(H,19,21). The molecule has 8 nitrogen and oxygen atoms in total. The molecule has 0 aliphatic carbocycles. The third-order valence-electron chi connectivity index (χ3n) is 4.34. The zero-order valence-electron chi connectivity index (χ0n) is 15.3. The van der Waals surface area contributed by atoms with Gasteiger partial charge < -0.3 is 20.1 Å². The number of nitrogens with one attached hydrogen (secondary N) is 2. The normalized spacial score (nSPS) is 18.8. The van der Waals surface area contributed by atoms with Gasteiger partial charge >= 0.3 is 0 Å². The fourth-order valence-corrected chi connectivity index (χ4v) is 4.25. The molecule has 2 amide bonds. The highest BCUT2D eigenvalue weighted by atomic mass is 32.2. The van der Waals surface area contributed by atoms with Gasteiger partial charge in [-0.3, -0.25) is 9.59 Å². The topological polar surface area (TPSA) is 111 Å². The van der Waals surface area contributed by atoms with Gasteiger partial charge in [0.1, 0.15) is 5.41 Å². The van der Waals surface area contributed by atoms with Crippen LogP contribution in [0.2, 0.25) is 0 Å². The van der Waals surface area contributed by atoms with E-state index >= 15 is 0 Å². The lowest BCUT2D eigenvalue weighted by Crippen LogP contribution is -2.48. The third-order valence-corrected chi connectivity index (χ3v) is 6.11. The summed E-state index contributed by atoms with van der Waals surface area (Å²) in [6.45, 7) is 2.98. The van der Waals surface area contributed by atoms with Crippen molar-refractivity contribution >= 4 is 27.3 Å². The first-order valence-corrected chi connectivity index (χ1v) is 9.96. The second-order valence-electron chi connectivity index (χ2n) is 6.72. The Kier molecular flexibility index (Phi) is 5.80. The summed E-state index contributed by atoms with van der Waals surface area (Å²) in [6, 6.07) is 4.41. The van der Waals surface area contributed by atoms with E-state index in [-0.39, 0.29) is 11.5 Å². The average molecular weight is 384 g/mol. The molecule has 1 saturated heterocycles. The number of rotatable bonds is 6. The van der Waals surface area contributed by atoms with Crippen molar-refractivity contribution < 1.29 is 27.5 Å². The molecule has 1 fully saturated rings. The van der Waals surface area contributed by atoms with Gasteiger partial charge in [0.15, 0.2) is 21.3 Å². The van der Waals surface area contributed by atoms with Gasteiger partial charge in [0, 0.05) is 17.8 Å². The minimum absolute atomic E-state index is 0.0518. The second-order valence-corrected chi connectivity index (χ2v) is 8.95. The molecule has 9 heteroatoms. The fourth-order valence-electron chi connectivity index (χ4n) is 2.58. The van der Waals surface area contributed by atoms with Crippen LogP contribution in [-0.2, 0) is 19.4 Å². The van der Waals surface area contributed by atoms with Gasteiger partial charge in [-0.1, -0.05) is 0 Å². The minimum atomic E-state index is -3.11. The van der Waals surface area contributed by atoms with E-state index in [0.29, 0.717) is 23.6 Å². The highest BCUT2D eigenvalue weighted by molar-refractivity contribution is 7.91. The summed E-state index contributed by atoms with van der Waals surface area (Å²) in [6.07, 6.45) is 0.363. The number of methoxy groups -OCH3 is 2. The van der Waals surface area contributed by atoms with Crippen LogP contribution in [-0.4, -0.2) is 52.0 Å². The molecule has 0 aromatic heterocycles. The molecular weight excluding hydrogens is 360 g/mol. The molecular formula is C17H24N2O6S. The van der Waals surface area contributed by atoms with E-state index in [9.17, 15) is 18.0 Å². The number of benzene rings is 1. The molecule has 0 saturated carbocycles. The summed E-state index contributed by atoms with van der Waals surface area (Å²) in [5.74, 6) is -0.100. The van der Waals surface area contributed by atoms with Crippen molar-refractivity contribution in [1.29, 1.82) is 0 Å². The van der Waals surface area contributed by atoms with Crippen molar-refractivity contribution in [2.45, 2.75) is 26.3 Å². The number of sulfone groups is 1. The molecule has 1 heterocycles. The molecule has 0 bridgehead atoms. The zero-order chi connectivity index (χ0) is 19.5. The minimum Gasteiger partial charge on any atom is -0.493 e. The molecule has 0 spiro atoms. The maximum absolute atomic E-state index is 12.6. The van der Waals surface area contributed by atoms with Crippen LogP contribution in [0, 0.1) is 5.41 Å². The van der Waals surface area contributed by atoms with Gasteiger partial charge in [-0.2, -0.15) is 0 Å². The summed E-state index contributed by atoms with van der Waals surface area (Å²) < 4.78 is 33.3. The van der Waals surface area contributed by atoms with Gasteiger partial charge in [-0.25, -0.2) is 8.42 Å². The van der Waals surface area contributed by atoms with Crippen molar-refractivity contribution in [3.8, 4) is 11.5 Å². The van der Waals surface area contributed by atoms with Crippen LogP contribution >= 0.6 is 0 Å². The van der Waals surface area contributed by atoms with Crippen LogP contribution in [0.3, 0.4) is 0 Å². The smallest absolute Gasteiger partial charge is 0.239 e. The fraction of sp³-hybridized carbons (Fsp3) is 0.529. The summed E-state index contributed by atoms with van der Waals surface area (Å²) in [4.78, 5) is 25.0. The van der Waals surface area contributed by atoms with Crippen LogP contribution in [0.5, 0.6) is 11.5 Å².